The maximum Gasteiger partial charge on any atom is 0.269 e. The molecule has 2 rings (SSSR count). The van der Waals surface area contributed by atoms with Gasteiger partial charge in [-0.15, -0.1) is 0 Å². The van der Waals surface area contributed by atoms with Crippen molar-refractivity contribution in [2.24, 2.45) is 0 Å². The molecule has 106 valence electrons. The maximum absolute atomic E-state index is 10.6. The topological polar surface area (TPSA) is 68.3 Å². The summed E-state index contributed by atoms with van der Waals surface area (Å²) in [5.74, 6) is 1.83. The highest BCUT2D eigenvalue weighted by Gasteiger charge is 2.12. The molecule has 0 fully saturated rings. The molecule has 0 saturated heterocycles. The summed E-state index contributed by atoms with van der Waals surface area (Å²) < 4.78 is 5.51. The fourth-order valence-corrected chi connectivity index (χ4v) is 2.20. The van der Waals surface area contributed by atoms with Crippen LogP contribution in [0.5, 0.6) is 0 Å². The van der Waals surface area contributed by atoms with Crippen molar-refractivity contribution < 1.29 is 9.34 Å². The normalized spacial score (nSPS) is 12.3. The predicted octanol–water partition coefficient (Wildman–Crippen LogP) is 3.66. The fourth-order valence-electron chi connectivity index (χ4n) is 2.20. The Morgan fingerprint density at radius 1 is 1.30 bits per heavy atom. The van der Waals surface area contributed by atoms with Crippen molar-refractivity contribution in [3.63, 3.8) is 0 Å². The van der Waals surface area contributed by atoms with Crippen LogP contribution in [-0.4, -0.2) is 4.92 Å². The van der Waals surface area contributed by atoms with Gasteiger partial charge in [-0.25, -0.2) is 0 Å². The summed E-state index contributed by atoms with van der Waals surface area (Å²) in [4.78, 5) is 10.2. The van der Waals surface area contributed by atoms with Crippen molar-refractivity contribution >= 4 is 5.69 Å². The third kappa shape index (κ3) is 3.24. The number of benzene rings is 1. The summed E-state index contributed by atoms with van der Waals surface area (Å²) in [6, 6.07) is 8.78. The van der Waals surface area contributed by atoms with Gasteiger partial charge in [0, 0.05) is 30.3 Å². The molecule has 0 radical (unpaired) electrons. The molecular formula is C15H18N2O3. The first-order valence-electron chi connectivity index (χ1n) is 6.51. The minimum absolute atomic E-state index is 0.114. The van der Waals surface area contributed by atoms with E-state index in [1.165, 1.54) is 12.1 Å². The SMILES string of the molecule is Cc1cc(C(C)NCc2ccc([N+](=O)[O-])cc2)c(C)o1. The molecular weight excluding hydrogens is 256 g/mol. The van der Waals surface area contributed by atoms with E-state index in [1.807, 2.05) is 19.9 Å². The second-order valence-electron chi connectivity index (χ2n) is 4.89. The van der Waals surface area contributed by atoms with Crippen LogP contribution >= 0.6 is 0 Å². The first-order valence-corrected chi connectivity index (χ1v) is 6.51. The molecule has 0 amide bonds. The Morgan fingerprint density at radius 2 is 1.95 bits per heavy atom. The van der Waals surface area contributed by atoms with Crippen LogP contribution < -0.4 is 5.32 Å². The van der Waals surface area contributed by atoms with E-state index in [1.54, 1.807) is 12.1 Å². The lowest BCUT2D eigenvalue weighted by atomic mass is 10.1. The molecule has 0 aliphatic rings. The molecule has 20 heavy (non-hydrogen) atoms. The highest BCUT2D eigenvalue weighted by molar-refractivity contribution is 5.33. The van der Waals surface area contributed by atoms with Gasteiger partial charge in [0.2, 0.25) is 0 Å². The van der Waals surface area contributed by atoms with Gasteiger partial charge in [0.15, 0.2) is 0 Å². The standard InChI is InChI=1S/C15H18N2O3/c1-10-8-15(12(3)20-10)11(2)16-9-13-4-6-14(7-5-13)17(18)19/h4-8,11,16H,9H2,1-3H3. The zero-order chi connectivity index (χ0) is 14.7. The number of nitrogens with zero attached hydrogens (tertiary/aromatic N) is 1. The van der Waals surface area contributed by atoms with Crippen molar-refractivity contribution in [3.8, 4) is 0 Å². The van der Waals surface area contributed by atoms with Crippen LogP contribution in [-0.2, 0) is 6.54 Å². The highest BCUT2D eigenvalue weighted by atomic mass is 16.6. The molecule has 0 aliphatic heterocycles. The number of hydrogen-bond acceptors (Lipinski definition) is 4. The van der Waals surface area contributed by atoms with Crippen LogP contribution in [0.4, 0.5) is 5.69 Å². The van der Waals surface area contributed by atoms with Crippen molar-refractivity contribution in [2.45, 2.75) is 33.4 Å². The number of nitro groups is 1. The van der Waals surface area contributed by atoms with Gasteiger partial charge in [-0.2, -0.15) is 0 Å². The monoisotopic (exact) mass is 274 g/mol. The summed E-state index contributed by atoms with van der Waals surface area (Å²) in [5.41, 5.74) is 2.27. The molecule has 5 heteroatoms. The smallest absolute Gasteiger partial charge is 0.269 e. The largest absolute Gasteiger partial charge is 0.466 e. The van der Waals surface area contributed by atoms with E-state index in [-0.39, 0.29) is 11.7 Å². The Hall–Kier alpha value is -2.14. The lowest BCUT2D eigenvalue weighted by molar-refractivity contribution is -0.384. The number of non-ortho nitro benzene ring substituents is 1. The Labute approximate surface area is 117 Å². The van der Waals surface area contributed by atoms with Crippen molar-refractivity contribution in [3.05, 3.63) is 63.1 Å². The van der Waals surface area contributed by atoms with Crippen LogP contribution in [0.3, 0.4) is 0 Å². The molecule has 1 aromatic carbocycles. The number of nitro benzene ring substituents is 1. The van der Waals surface area contributed by atoms with E-state index in [9.17, 15) is 10.1 Å². The molecule has 0 aliphatic carbocycles. The maximum atomic E-state index is 10.6. The molecule has 1 unspecified atom stereocenters. The fraction of sp³-hybridized carbons (Fsp3) is 0.333. The van der Waals surface area contributed by atoms with Crippen LogP contribution in [0.1, 0.15) is 35.6 Å². The molecule has 0 bridgehead atoms. The Kier molecular flexibility index (Phi) is 4.20. The van der Waals surface area contributed by atoms with Gasteiger partial charge in [0.25, 0.3) is 5.69 Å². The zero-order valence-corrected chi connectivity index (χ0v) is 11.8. The number of furan rings is 1. The van der Waals surface area contributed by atoms with Crippen molar-refractivity contribution in [1.29, 1.82) is 0 Å². The molecule has 0 spiro atoms. The van der Waals surface area contributed by atoms with Crippen LogP contribution in [0.25, 0.3) is 0 Å². The van der Waals surface area contributed by atoms with Crippen molar-refractivity contribution in [1.82, 2.24) is 5.32 Å². The van der Waals surface area contributed by atoms with Crippen LogP contribution in [0, 0.1) is 24.0 Å². The number of hydrogen-bond donors (Lipinski definition) is 1. The molecule has 1 aromatic heterocycles. The van der Waals surface area contributed by atoms with Crippen LogP contribution in [0.2, 0.25) is 0 Å². The Bertz CT molecular complexity index is 602. The van der Waals surface area contributed by atoms with Gasteiger partial charge in [0.1, 0.15) is 11.5 Å². The van der Waals surface area contributed by atoms with Gasteiger partial charge in [-0.3, -0.25) is 10.1 Å². The summed E-state index contributed by atoms with van der Waals surface area (Å²) in [5, 5.41) is 14.0. The average molecular weight is 274 g/mol. The van der Waals surface area contributed by atoms with E-state index >= 15 is 0 Å². The highest BCUT2D eigenvalue weighted by Crippen LogP contribution is 2.21. The molecule has 0 saturated carbocycles. The first-order chi connectivity index (χ1) is 9.47. The Morgan fingerprint density at radius 3 is 2.45 bits per heavy atom. The molecule has 1 N–H and O–H groups in total. The zero-order valence-electron chi connectivity index (χ0n) is 11.8. The van der Waals surface area contributed by atoms with E-state index in [0.717, 1.165) is 22.6 Å². The third-order valence-electron chi connectivity index (χ3n) is 3.31. The van der Waals surface area contributed by atoms with Crippen LogP contribution in [0.15, 0.2) is 34.7 Å². The summed E-state index contributed by atoms with van der Waals surface area (Å²) >= 11 is 0. The quantitative estimate of drug-likeness (QED) is 0.667. The van der Waals surface area contributed by atoms with Crippen molar-refractivity contribution in [2.75, 3.05) is 0 Å². The number of rotatable bonds is 5. The number of nitrogens with one attached hydrogen (secondary N) is 1. The van der Waals surface area contributed by atoms with Gasteiger partial charge >= 0.3 is 0 Å². The third-order valence-corrected chi connectivity index (χ3v) is 3.31. The summed E-state index contributed by atoms with van der Waals surface area (Å²) in [7, 11) is 0. The molecule has 2 aromatic rings. The predicted molar refractivity (Wildman–Crippen MR) is 76.5 cm³/mol. The van der Waals surface area contributed by atoms with E-state index < -0.39 is 4.92 Å². The van der Waals surface area contributed by atoms with Gasteiger partial charge in [0.05, 0.1) is 4.92 Å². The summed E-state index contributed by atoms with van der Waals surface area (Å²) in [6.45, 7) is 6.61. The van der Waals surface area contributed by atoms with Gasteiger partial charge in [-0.05, 0) is 32.4 Å². The second-order valence-corrected chi connectivity index (χ2v) is 4.89. The lowest BCUT2D eigenvalue weighted by Crippen LogP contribution is -2.18. The average Bonchev–Trinajstić information content (AvgIpc) is 2.75. The second kappa shape index (κ2) is 5.88. The molecule has 1 heterocycles. The summed E-state index contributed by atoms with van der Waals surface area (Å²) in [6.07, 6.45) is 0. The first kappa shape index (κ1) is 14.3. The Balaban J connectivity index is 1.98. The van der Waals surface area contributed by atoms with E-state index in [4.69, 9.17) is 4.42 Å². The molecule has 1 atom stereocenters. The minimum Gasteiger partial charge on any atom is -0.466 e. The lowest BCUT2D eigenvalue weighted by Gasteiger charge is -2.13. The van der Waals surface area contributed by atoms with Gasteiger partial charge < -0.3 is 9.73 Å². The number of aryl methyl sites for hydroxylation is 2. The van der Waals surface area contributed by atoms with E-state index in [0.29, 0.717) is 6.54 Å². The minimum atomic E-state index is -0.391. The van der Waals surface area contributed by atoms with Gasteiger partial charge in [-0.1, -0.05) is 12.1 Å². The van der Waals surface area contributed by atoms with E-state index in [2.05, 4.69) is 12.2 Å². The molecule has 5 nitrogen and oxygen atoms in total.